The van der Waals surface area contributed by atoms with Gasteiger partial charge in [-0.25, -0.2) is 0 Å². The third-order valence-electron chi connectivity index (χ3n) is 22.2. The first-order valence-electron chi connectivity index (χ1n) is 44.4. The van der Waals surface area contributed by atoms with Crippen molar-refractivity contribution in [3.63, 3.8) is 0 Å². The van der Waals surface area contributed by atoms with E-state index in [2.05, 4.69) is 227 Å². The standard InChI is InChI=1S/C102H75BN4/c1-101(2,3)68-58-84(65-32-11-8-12-33-65)100(87(59-68)86-57-67-35-14-16-37-73(67)76-39-18-20-41-78(76)86)107-95-63-71(105-92-50-27-23-44-81(92)82-45-24-28-51-93(82)105)53-55-89(95)103-88-54-52-70(104-90-48-25-21-42-79(90)80-43-22-26-49-91(80)104)62-94(88)106(96-60-69(102(4,5)6)61-97(107)98(96)103)99-74(64-30-9-7-10-31-64)46-29-47-83(99)85-56-66-34-13-15-36-72(66)75-38-17-19-40-77(75)85/h7-63H,1-6H3/i21D,22D,23D,24D,25D,26D,27D,28D,42D,43D,44D,45D,48D,49D,50D,51D. The molecule has 0 N–H and O–H groups in total. The van der Waals surface area contributed by atoms with E-state index in [1.807, 2.05) is 72.8 Å². The third kappa shape index (κ3) is 9.63. The van der Waals surface area contributed by atoms with Crippen molar-refractivity contribution in [2.75, 3.05) is 9.80 Å². The SMILES string of the molecule is [2H]c1c([2H])c([2H])c2c(c1[2H])c1c([2H])c([2H])c([2H])c([2H])c1n2-c1ccc2c(c1)N(c1c(-c3ccccc3)cccc1-c1cc3ccccc3c3ccccc13)c1cc(C(C)(C)C)cc3c1B2c1ccc(-n2c4c([2H])c([2H])c([2H])c([2H])c4c4c([2H])c([2H])c([2H])c([2H])c42)cc1N3c1c(-c2ccccc2)cc(C(C)(C)C)cc1-c1cc2ccccc2c2ccccc12. The minimum absolute atomic E-state index is 0.0520. The van der Waals surface area contributed by atoms with Gasteiger partial charge in [-0.3, -0.25) is 0 Å². The molecule has 2 aliphatic heterocycles. The Balaban J connectivity index is 0.993. The van der Waals surface area contributed by atoms with E-state index in [0.717, 1.165) is 138 Å². The molecule has 0 fully saturated rings. The molecule has 0 radical (unpaired) electrons. The molecular formula is C102H75BN4. The van der Waals surface area contributed by atoms with Crippen LogP contribution in [0.25, 0.3) is 143 Å². The summed E-state index contributed by atoms with van der Waals surface area (Å²) in [5, 5.41) is 7.89. The fraction of sp³-hybridized carbons (Fsp3) is 0.0784. The average molecular weight is 1380 g/mol. The van der Waals surface area contributed by atoms with Crippen LogP contribution in [0.4, 0.5) is 34.1 Å². The lowest BCUT2D eigenvalue weighted by Gasteiger charge is -2.46. The van der Waals surface area contributed by atoms with Gasteiger partial charge < -0.3 is 18.9 Å². The summed E-state index contributed by atoms with van der Waals surface area (Å²) < 4.78 is 156. The quantitative estimate of drug-likeness (QED) is 0.111. The Kier molecular flexibility index (Phi) is 10.7. The van der Waals surface area contributed by atoms with E-state index in [0.29, 0.717) is 22.7 Å². The molecule has 2 aromatic heterocycles. The van der Waals surface area contributed by atoms with Crippen molar-refractivity contribution >= 4 is 144 Å². The number of hydrogen-bond acceptors (Lipinski definition) is 2. The summed E-state index contributed by atoms with van der Waals surface area (Å²) >= 11 is 0. The van der Waals surface area contributed by atoms with E-state index < -0.39 is 114 Å². The van der Waals surface area contributed by atoms with Gasteiger partial charge in [-0.15, -0.1) is 0 Å². The van der Waals surface area contributed by atoms with Crippen LogP contribution in [-0.2, 0) is 10.8 Å². The first-order chi connectivity index (χ1) is 59.0. The van der Waals surface area contributed by atoms with Crippen LogP contribution < -0.4 is 26.2 Å². The van der Waals surface area contributed by atoms with Crippen molar-refractivity contribution in [2.24, 2.45) is 0 Å². The largest absolute Gasteiger partial charge is 0.310 e. The van der Waals surface area contributed by atoms with Gasteiger partial charge in [-0.05, 0) is 189 Å². The molecule has 0 spiro atoms. The van der Waals surface area contributed by atoms with Gasteiger partial charge in [0.1, 0.15) is 0 Å². The normalized spacial score (nSPS) is 15.0. The smallest absolute Gasteiger partial charge is 0.252 e. The highest BCUT2D eigenvalue weighted by molar-refractivity contribution is 7.00. The molecule has 0 aliphatic carbocycles. The monoisotopic (exact) mass is 1380 g/mol. The zero-order valence-corrected chi connectivity index (χ0v) is 59.5. The maximum Gasteiger partial charge on any atom is 0.252 e. The Morgan fingerprint density at radius 2 is 0.636 bits per heavy atom. The molecule has 5 heteroatoms. The molecule has 107 heavy (non-hydrogen) atoms. The summed E-state index contributed by atoms with van der Waals surface area (Å²) in [5.41, 5.74) is 14.8. The van der Waals surface area contributed by atoms with Gasteiger partial charge in [0, 0.05) is 77.9 Å². The molecule has 4 heterocycles. The van der Waals surface area contributed by atoms with Crippen molar-refractivity contribution in [3.05, 3.63) is 357 Å². The summed E-state index contributed by atoms with van der Waals surface area (Å²) in [7, 11) is 0. The van der Waals surface area contributed by atoms with Crippen LogP contribution in [0.3, 0.4) is 0 Å². The van der Waals surface area contributed by atoms with Gasteiger partial charge in [-0.2, -0.15) is 0 Å². The van der Waals surface area contributed by atoms with Gasteiger partial charge in [0.05, 0.1) is 55.4 Å². The molecule has 21 rings (SSSR count). The molecular weight excluding hydrogens is 1290 g/mol. The number of hydrogen-bond donors (Lipinski definition) is 0. The lowest BCUT2D eigenvalue weighted by Crippen LogP contribution is -2.61. The maximum absolute atomic E-state index is 9.98. The molecule has 0 unspecified atom stereocenters. The fourth-order valence-electron chi connectivity index (χ4n) is 17.3. The van der Waals surface area contributed by atoms with Gasteiger partial charge in [0.15, 0.2) is 0 Å². The Hall–Kier alpha value is -13.0. The molecule has 506 valence electrons. The number of aromatic nitrogens is 2. The van der Waals surface area contributed by atoms with Crippen molar-refractivity contribution in [2.45, 2.75) is 52.4 Å². The summed E-state index contributed by atoms with van der Waals surface area (Å²) in [6.07, 6.45) is 0. The van der Waals surface area contributed by atoms with Crippen LogP contribution in [0.5, 0.6) is 0 Å². The molecule has 2 aliphatic rings. The van der Waals surface area contributed by atoms with Crippen LogP contribution in [-0.4, -0.2) is 15.8 Å². The molecule has 4 nitrogen and oxygen atoms in total. The van der Waals surface area contributed by atoms with Gasteiger partial charge in [0.25, 0.3) is 6.71 Å². The molecule has 19 aromatic rings. The number of anilines is 6. The first kappa shape index (κ1) is 48.1. The second-order valence-corrected chi connectivity index (χ2v) is 30.3. The van der Waals surface area contributed by atoms with E-state index in [-0.39, 0.29) is 43.6 Å². The summed E-state index contributed by atoms with van der Waals surface area (Å²) in [6.45, 7) is 12.5. The Morgan fingerprint density at radius 3 is 1.09 bits per heavy atom. The predicted molar refractivity (Wildman–Crippen MR) is 458 cm³/mol. The van der Waals surface area contributed by atoms with Gasteiger partial charge >= 0.3 is 0 Å². The minimum atomic E-state index is -0.794. The van der Waals surface area contributed by atoms with Gasteiger partial charge in [0.2, 0.25) is 0 Å². The minimum Gasteiger partial charge on any atom is -0.310 e. The average Bonchev–Trinajstić information content (AvgIpc) is 1.42. The third-order valence-corrected chi connectivity index (χ3v) is 22.2. The molecule has 0 atom stereocenters. The highest BCUT2D eigenvalue weighted by Crippen LogP contribution is 2.57. The zero-order chi connectivity index (χ0) is 85.5. The predicted octanol–water partition coefficient (Wildman–Crippen LogP) is 25.8. The second-order valence-electron chi connectivity index (χ2n) is 30.3. The number of rotatable bonds is 8. The lowest BCUT2D eigenvalue weighted by atomic mass is 9.33. The fourth-order valence-corrected chi connectivity index (χ4v) is 17.3. The van der Waals surface area contributed by atoms with Crippen LogP contribution in [0, 0.1) is 0 Å². The number of fused-ring (bicyclic) bond motifs is 16. The first-order valence-corrected chi connectivity index (χ1v) is 36.4. The molecule has 0 saturated carbocycles. The Morgan fingerprint density at radius 1 is 0.271 bits per heavy atom. The van der Waals surface area contributed by atoms with Crippen LogP contribution in [0.15, 0.2) is 345 Å². The van der Waals surface area contributed by atoms with Gasteiger partial charge in [-0.1, -0.05) is 302 Å². The van der Waals surface area contributed by atoms with E-state index >= 15 is 0 Å². The molecule has 17 aromatic carbocycles. The topological polar surface area (TPSA) is 16.3 Å². The van der Waals surface area contributed by atoms with E-state index in [1.165, 1.54) is 0 Å². The maximum atomic E-state index is 9.98. The Bertz CT molecular complexity index is 7790. The summed E-state index contributed by atoms with van der Waals surface area (Å²) in [6, 6.07) is 78.3. The summed E-state index contributed by atoms with van der Waals surface area (Å²) in [5.74, 6) is 0. The van der Waals surface area contributed by atoms with Crippen LogP contribution in [0.1, 0.15) is 74.6 Å². The highest BCUT2D eigenvalue weighted by atomic mass is 15.2. The number of para-hydroxylation sites is 5. The van der Waals surface area contributed by atoms with E-state index in [1.54, 1.807) is 9.13 Å². The molecule has 0 amide bonds. The molecule has 0 saturated heterocycles. The summed E-state index contributed by atoms with van der Waals surface area (Å²) in [4.78, 5) is 4.74. The second kappa shape index (κ2) is 23.8. The number of benzene rings is 17. The van der Waals surface area contributed by atoms with E-state index in [4.69, 9.17) is 2.74 Å². The van der Waals surface area contributed by atoms with E-state index in [9.17, 15) is 19.2 Å². The van der Waals surface area contributed by atoms with Crippen molar-refractivity contribution in [1.82, 2.24) is 9.13 Å². The van der Waals surface area contributed by atoms with Crippen molar-refractivity contribution in [3.8, 4) is 55.9 Å². The Labute approximate surface area is 646 Å². The molecule has 0 bridgehead atoms. The number of nitrogens with zero attached hydrogens (tertiary/aromatic N) is 4. The highest BCUT2D eigenvalue weighted by Gasteiger charge is 2.47. The zero-order valence-electron chi connectivity index (χ0n) is 75.5. The van der Waals surface area contributed by atoms with Crippen molar-refractivity contribution < 1.29 is 21.9 Å². The van der Waals surface area contributed by atoms with Crippen molar-refractivity contribution in [1.29, 1.82) is 0 Å². The van der Waals surface area contributed by atoms with Crippen LogP contribution >= 0.6 is 0 Å². The lowest BCUT2D eigenvalue weighted by molar-refractivity contribution is 0.590. The van der Waals surface area contributed by atoms with Crippen LogP contribution in [0.2, 0.25) is 0 Å².